The van der Waals surface area contributed by atoms with E-state index in [1.807, 2.05) is 0 Å². The van der Waals surface area contributed by atoms with E-state index in [0.717, 1.165) is 12.1 Å². The largest absolute Gasteiger partial charge is 0.475 e. The number of hydrogen-bond acceptors (Lipinski definition) is 7. The molecule has 0 radical (unpaired) electrons. The number of esters is 1. The quantitative estimate of drug-likeness (QED) is 0.370. The van der Waals surface area contributed by atoms with E-state index in [1.165, 1.54) is 12.1 Å². The Morgan fingerprint density at radius 1 is 1.00 bits per heavy atom. The van der Waals surface area contributed by atoms with E-state index in [-0.39, 0.29) is 31.8 Å². The number of aliphatic hydroxyl groups is 1. The smallest absolute Gasteiger partial charge is 0.464 e. The first kappa shape index (κ1) is 25.2. The van der Waals surface area contributed by atoms with Crippen LogP contribution in [-0.2, 0) is 34.1 Å². The van der Waals surface area contributed by atoms with Gasteiger partial charge in [-0.15, -0.1) is 0 Å². The van der Waals surface area contributed by atoms with Gasteiger partial charge in [0.25, 0.3) is 0 Å². The zero-order valence-corrected chi connectivity index (χ0v) is 18.7. The van der Waals surface area contributed by atoms with E-state index >= 15 is 0 Å². The lowest BCUT2D eigenvalue weighted by atomic mass is 9.85. The van der Waals surface area contributed by atoms with Crippen LogP contribution in [0.1, 0.15) is 38.0 Å². The van der Waals surface area contributed by atoms with Crippen LogP contribution in [0.4, 0.5) is 4.39 Å². The highest BCUT2D eigenvalue weighted by Gasteiger charge is 2.50. The van der Waals surface area contributed by atoms with Gasteiger partial charge in [0.15, 0.2) is 5.60 Å². The molecule has 0 aromatic heterocycles. The molecule has 1 N–H and O–H groups in total. The molecule has 0 saturated heterocycles. The highest BCUT2D eigenvalue weighted by molar-refractivity contribution is 7.48. The summed E-state index contributed by atoms with van der Waals surface area (Å²) in [4.78, 5) is 13.0. The fraction of sp³-hybridized carbons (Fsp3) is 0.409. The molecule has 0 aliphatic heterocycles. The summed E-state index contributed by atoms with van der Waals surface area (Å²) in [5.41, 5.74) is -1.50. The summed E-state index contributed by atoms with van der Waals surface area (Å²) < 4.78 is 47.9. The summed E-state index contributed by atoms with van der Waals surface area (Å²) in [6.07, 6.45) is -1.75. The summed E-state index contributed by atoms with van der Waals surface area (Å²) in [5.74, 6) is -1.50. The molecule has 31 heavy (non-hydrogen) atoms. The Morgan fingerprint density at radius 3 is 2.10 bits per heavy atom. The summed E-state index contributed by atoms with van der Waals surface area (Å²) in [6.45, 7) is 4.81. The predicted octanol–water partition coefficient (Wildman–Crippen LogP) is 4.60. The maximum atomic E-state index is 13.6. The van der Waals surface area contributed by atoms with Crippen LogP contribution in [0, 0.1) is 5.82 Å². The van der Waals surface area contributed by atoms with Crippen LogP contribution < -0.4 is 0 Å². The second kappa shape index (κ2) is 11.5. The van der Waals surface area contributed by atoms with Crippen molar-refractivity contribution in [3.63, 3.8) is 0 Å². The highest BCUT2D eigenvalue weighted by atomic mass is 31.2. The first-order chi connectivity index (χ1) is 14.8. The van der Waals surface area contributed by atoms with Crippen LogP contribution >= 0.6 is 7.82 Å². The monoisotopic (exact) mass is 454 g/mol. The number of carbonyl (C=O) groups is 1. The number of ether oxygens (including phenoxy) is 1. The summed E-state index contributed by atoms with van der Waals surface area (Å²) >= 11 is 0. The van der Waals surface area contributed by atoms with Gasteiger partial charge in [-0.3, -0.25) is 13.6 Å². The molecule has 7 nitrogen and oxygen atoms in total. The number of halogens is 1. The molecule has 2 rings (SSSR count). The van der Waals surface area contributed by atoms with Crippen molar-refractivity contribution >= 4 is 13.8 Å². The van der Waals surface area contributed by atoms with E-state index in [2.05, 4.69) is 0 Å². The van der Waals surface area contributed by atoms with Gasteiger partial charge in [-0.2, -0.15) is 0 Å². The first-order valence-electron chi connectivity index (χ1n) is 10.0. The molecular formula is C22H28FO7P. The first-order valence-corrected chi connectivity index (χ1v) is 11.5. The third kappa shape index (κ3) is 6.69. The maximum absolute atomic E-state index is 13.6. The number of hydrogen-bond donors (Lipinski definition) is 1. The van der Waals surface area contributed by atoms with Crippen LogP contribution in [0.3, 0.4) is 0 Å². The lowest BCUT2D eigenvalue weighted by molar-refractivity contribution is -0.177. The minimum Gasteiger partial charge on any atom is -0.464 e. The molecule has 0 bridgehead atoms. The molecule has 0 aliphatic rings. The van der Waals surface area contributed by atoms with Crippen molar-refractivity contribution in [2.45, 2.75) is 38.9 Å². The number of carbonyl (C=O) groups excluding carboxylic acids is 1. The average Bonchev–Trinajstić information content (AvgIpc) is 2.74. The van der Waals surface area contributed by atoms with E-state index in [9.17, 15) is 18.9 Å². The van der Waals surface area contributed by atoms with Crippen LogP contribution in [0.5, 0.6) is 0 Å². The van der Waals surface area contributed by atoms with E-state index in [1.54, 1.807) is 51.1 Å². The Balaban J connectivity index is 2.60. The highest BCUT2D eigenvalue weighted by Crippen LogP contribution is 2.55. The van der Waals surface area contributed by atoms with Gasteiger partial charge < -0.3 is 9.84 Å². The Hall–Kier alpha value is -2.09. The molecule has 0 aliphatic carbocycles. The standard InChI is InChI=1S/C22H28FO7P/c1-4-27-21(24)22(25,16-17-10-8-7-9-11-17)20(18-12-14-19(23)15-13-18)30-31(26,28-5-2)29-6-3/h7-15,20,25H,4-6,16H2,1-3H3/t20-,22-/m0/s1. The molecule has 0 spiro atoms. The number of benzene rings is 2. The van der Waals surface area contributed by atoms with Crippen molar-refractivity contribution in [2.24, 2.45) is 0 Å². The number of phosphoric ester groups is 1. The Morgan fingerprint density at radius 2 is 1.58 bits per heavy atom. The molecule has 2 aromatic rings. The maximum Gasteiger partial charge on any atom is 0.475 e. The average molecular weight is 454 g/mol. The van der Waals surface area contributed by atoms with Gasteiger partial charge in [0.1, 0.15) is 11.9 Å². The molecule has 170 valence electrons. The van der Waals surface area contributed by atoms with Crippen LogP contribution in [0.25, 0.3) is 0 Å². The van der Waals surface area contributed by atoms with Crippen molar-refractivity contribution < 1.29 is 37.2 Å². The Kier molecular flexibility index (Phi) is 9.34. The van der Waals surface area contributed by atoms with Crippen LogP contribution in [0.2, 0.25) is 0 Å². The second-order valence-electron chi connectivity index (χ2n) is 6.63. The molecule has 0 heterocycles. The molecule has 0 unspecified atom stereocenters. The molecule has 0 saturated carbocycles. The summed E-state index contributed by atoms with van der Waals surface area (Å²) in [6, 6.07) is 13.7. The van der Waals surface area contributed by atoms with E-state index in [4.69, 9.17) is 18.3 Å². The molecule has 2 aromatic carbocycles. The lowest BCUT2D eigenvalue weighted by Crippen LogP contribution is -2.48. The normalized spacial score (nSPS) is 14.6. The van der Waals surface area contributed by atoms with Gasteiger partial charge in [-0.25, -0.2) is 13.8 Å². The summed E-state index contributed by atoms with van der Waals surface area (Å²) in [5, 5.41) is 11.6. The minimum absolute atomic E-state index is 0.000646. The Labute approximate surface area is 181 Å². The van der Waals surface area contributed by atoms with Crippen molar-refractivity contribution in [2.75, 3.05) is 19.8 Å². The molecule has 9 heteroatoms. The van der Waals surface area contributed by atoms with Crippen molar-refractivity contribution in [1.82, 2.24) is 0 Å². The SMILES string of the molecule is CCOC(=O)[C@](O)(Cc1ccccc1)[C@@H](OP(=O)(OCC)OCC)c1ccc(F)cc1. The third-order valence-electron chi connectivity index (χ3n) is 4.36. The van der Waals surface area contributed by atoms with Crippen LogP contribution in [0.15, 0.2) is 54.6 Å². The second-order valence-corrected chi connectivity index (χ2v) is 8.25. The van der Waals surface area contributed by atoms with E-state index < -0.39 is 31.3 Å². The van der Waals surface area contributed by atoms with Gasteiger partial charge in [0.05, 0.1) is 19.8 Å². The van der Waals surface area contributed by atoms with Crippen molar-refractivity contribution in [3.05, 3.63) is 71.5 Å². The van der Waals surface area contributed by atoms with Gasteiger partial charge in [0.2, 0.25) is 0 Å². The zero-order valence-electron chi connectivity index (χ0n) is 17.8. The van der Waals surface area contributed by atoms with Crippen LogP contribution in [-0.4, -0.2) is 36.5 Å². The van der Waals surface area contributed by atoms with Crippen molar-refractivity contribution in [1.29, 1.82) is 0 Å². The molecule has 0 fully saturated rings. The fourth-order valence-corrected chi connectivity index (χ4v) is 4.42. The predicted molar refractivity (Wildman–Crippen MR) is 113 cm³/mol. The van der Waals surface area contributed by atoms with E-state index in [0.29, 0.717) is 5.56 Å². The van der Waals surface area contributed by atoms with Crippen molar-refractivity contribution in [3.8, 4) is 0 Å². The number of rotatable bonds is 12. The zero-order chi connectivity index (χ0) is 22.9. The number of phosphoric acid groups is 1. The topological polar surface area (TPSA) is 91.3 Å². The van der Waals surface area contributed by atoms with Gasteiger partial charge in [0, 0.05) is 6.42 Å². The minimum atomic E-state index is -4.17. The van der Waals surface area contributed by atoms with Gasteiger partial charge in [-0.1, -0.05) is 42.5 Å². The third-order valence-corrected chi connectivity index (χ3v) is 5.98. The van der Waals surface area contributed by atoms with Gasteiger partial charge in [-0.05, 0) is 44.0 Å². The Bertz CT molecular complexity index is 865. The molecule has 2 atom stereocenters. The molecular weight excluding hydrogens is 426 g/mol. The molecule has 0 amide bonds. The van der Waals surface area contributed by atoms with Gasteiger partial charge >= 0.3 is 13.8 Å². The summed E-state index contributed by atoms with van der Waals surface area (Å²) in [7, 11) is -4.17. The lowest BCUT2D eigenvalue weighted by Gasteiger charge is -2.35. The fourth-order valence-electron chi connectivity index (χ4n) is 3.04.